The summed E-state index contributed by atoms with van der Waals surface area (Å²) in [6.07, 6.45) is 9.12. The number of anilines is 1. The van der Waals surface area contributed by atoms with Gasteiger partial charge in [0.25, 0.3) is 0 Å². The molecule has 2 aliphatic heterocycles. The van der Waals surface area contributed by atoms with Crippen LogP contribution in [0.15, 0.2) is 24.8 Å². The standard InChI is InChI=1S/C16H19N5OS/c1-2-14(22-7-1)15-12(13-11-17-3-4-18-13)10-19-16(20-15)21-5-8-23-9-6-21/h3-4,10-11,14H,1-2,5-9H2/t14-/m1/s1. The van der Waals surface area contributed by atoms with E-state index >= 15 is 0 Å². The Labute approximate surface area is 139 Å². The van der Waals surface area contributed by atoms with E-state index in [9.17, 15) is 0 Å². The van der Waals surface area contributed by atoms with Crippen molar-refractivity contribution in [2.24, 2.45) is 0 Å². The summed E-state index contributed by atoms with van der Waals surface area (Å²) >= 11 is 1.98. The van der Waals surface area contributed by atoms with Gasteiger partial charge in [0.2, 0.25) is 5.95 Å². The topological polar surface area (TPSA) is 64.0 Å². The molecule has 7 heteroatoms. The highest BCUT2D eigenvalue weighted by Gasteiger charge is 2.25. The van der Waals surface area contributed by atoms with E-state index in [4.69, 9.17) is 9.72 Å². The van der Waals surface area contributed by atoms with Crippen molar-refractivity contribution in [3.8, 4) is 11.3 Å². The average molecular weight is 329 g/mol. The second kappa shape index (κ2) is 6.80. The van der Waals surface area contributed by atoms with Crippen molar-refractivity contribution in [2.75, 3.05) is 36.1 Å². The predicted octanol–water partition coefficient (Wildman–Crippen LogP) is 2.34. The van der Waals surface area contributed by atoms with Crippen molar-refractivity contribution in [1.29, 1.82) is 0 Å². The Morgan fingerprint density at radius 2 is 2.04 bits per heavy atom. The molecule has 2 saturated heterocycles. The van der Waals surface area contributed by atoms with Gasteiger partial charge in [0.05, 0.1) is 17.6 Å². The number of rotatable bonds is 3. The molecule has 0 radical (unpaired) electrons. The molecule has 6 nitrogen and oxygen atoms in total. The van der Waals surface area contributed by atoms with Crippen LogP contribution in [-0.4, -0.2) is 51.1 Å². The Hall–Kier alpha value is -1.73. The monoisotopic (exact) mass is 329 g/mol. The Kier molecular flexibility index (Phi) is 4.39. The first-order valence-corrected chi connectivity index (χ1v) is 9.15. The van der Waals surface area contributed by atoms with Crippen LogP contribution in [0, 0.1) is 0 Å². The smallest absolute Gasteiger partial charge is 0.225 e. The van der Waals surface area contributed by atoms with Crippen molar-refractivity contribution >= 4 is 17.7 Å². The van der Waals surface area contributed by atoms with Gasteiger partial charge >= 0.3 is 0 Å². The van der Waals surface area contributed by atoms with Crippen LogP contribution in [0.25, 0.3) is 11.3 Å². The molecule has 23 heavy (non-hydrogen) atoms. The lowest BCUT2D eigenvalue weighted by molar-refractivity contribution is 0.109. The molecule has 4 heterocycles. The van der Waals surface area contributed by atoms with Gasteiger partial charge in [0, 0.05) is 55.4 Å². The molecule has 0 saturated carbocycles. The van der Waals surface area contributed by atoms with E-state index in [1.165, 1.54) is 0 Å². The van der Waals surface area contributed by atoms with Crippen molar-refractivity contribution in [1.82, 2.24) is 19.9 Å². The van der Waals surface area contributed by atoms with Crippen molar-refractivity contribution in [3.05, 3.63) is 30.5 Å². The van der Waals surface area contributed by atoms with Crippen LogP contribution in [0.3, 0.4) is 0 Å². The molecule has 2 fully saturated rings. The molecule has 0 N–H and O–H groups in total. The largest absolute Gasteiger partial charge is 0.372 e. The zero-order valence-corrected chi connectivity index (χ0v) is 13.7. The zero-order chi connectivity index (χ0) is 15.5. The van der Waals surface area contributed by atoms with Crippen LogP contribution >= 0.6 is 11.8 Å². The molecule has 4 rings (SSSR count). The van der Waals surface area contributed by atoms with Crippen LogP contribution in [-0.2, 0) is 4.74 Å². The summed E-state index contributed by atoms with van der Waals surface area (Å²) in [5.74, 6) is 3.07. The van der Waals surface area contributed by atoms with Crippen molar-refractivity contribution < 1.29 is 4.74 Å². The first-order chi connectivity index (χ1) is 11.4. The molecule has 0 aromatic carbocycles. The fourth-order valence-corrected chi connectivity index (χ4v) is 3.88. The maximum absolute atomic E-state index is 5.88. The van der Waals surface area contributed by atoms with E-state index in [0.717, 1.165) is 66.9 Å². The zero-order valence-electron chi connectivity index (χ0n) is 12.9. The Bertz CT molecular complexity index is 657. The molecule has 0 spiro atoms. The van der Waals surface area contributed by atoms with E-state index in [0.29, 0.717) is 0 Å². The fourth-order valence-electron chi connectivity index (χ4n) is 2.98. The van der Waals surface area contributed by atoms with E-state index in [1.54, 1.807) is 18.6 Å². The van der Waals surface area contributed by atoms with E-state index < -0.39 is 0 Å². The quantitative estimate of drug-likeness (QED) is 0.856. The summed E-state index contributed by atoms with van der Waals surface area (Å²) in [7, 11) is 0. The Balaban J connectivity index is 1.73. The summed E-state index contributed by atoms with van der Waals surface area (Å²) in [5, 5.41) is 0. The molecular formula is C16H19N5OS. The lowest BCUT2D eigenvalue weighted by Crippen LogP contribution is -2.34. The Morgan fingerprint density at radius 3 is 2.78 bits per heavy atom. The number of hydrogen-bond donors (Lipinski definition) is 0. The molecule has 0 bridgehead atoms. The third kappa shape index (κ3) is 3.16. The van der Waals surface area contributed by atoms with Gasteiger partial charge in [-0.05, 0) is 12.8 Å². The molecule has 1 atom stereocenters. The maximum atomic E-state index is 5.88. The van der Waals surface area contributed by atoms with Crippen LogP contribution in [0.2, 0.25) is 0 Å². The summed E-state index contributed by atoms with van der Waals surface area (Å²) in [6.45, 7) is 2.80. The van der Waals surface area contributed by atoms with Gasteiger partial charge in [-0.1, -0.05) is 0 Å². The number of hydrogen-bond acceptors (Lipinski definition) is 7. The van der Waals surface area contributed by atoms with Crippen molar-refractivity contribution in [3.63, 3.8) is 0 Å². The molecule has 2 aromatic rings. The molecule has 2 aromatic heterocycles. The second-order valence-electron chi connectivity index (χ2n) is 5.66. The van der Waals surface area contributed by atoms with Gasteiger partial charge in [0.1, 0.15) is 6.10 Å². The van der Waals surface area contributed by atoms with Gasteiger partial charge in [-0.2, -0.15) is 11.8 Å². The number of aromatic nitrogens is 4. The van der Waals surface area contributed by atoms with E-state index in [2.05, 4.69) is 19.9 Å². The van der Waals surface area contributed by atoms with Gasteiger partial charge in [-0.3, -0.25) is 9.97 Å². The van der Waals surface area contributed by atoms with E-state index in [-0.39, 0.29) is 6.10 Å². The summed E-state index contributed by atoms with van der Waals surface area (Å²) < 4.78 is 5.88. The molecule has 0 aliphatic carbocycles. The fraction of sp³-hybridized carbons (Fsp3) is 0.500. The Morgan fingerprint density at radius 1 is 1.13 bits per heavy atom. The third-order valence-electron chi connectivity index (χ3n) is 4.17. The van der Waals surface area contributed by atoms with Gasteiger partial charge < -0.3 is 9.64 Å². The minimum absolute atomic E-state index is 0.0351. The van der Waals surface area contributed by atoms with Crippen LogP contribution < -0.4 is 4.90 Å². The molecular weight excluding hydrogens is 310 g/mol. The molecule has 0 unspecified atom stereocenters. The summed E-state index contributed by atoms with van der Waals surface area (Å²) in [6, 6.07) is 0. The van der Waals surface area contributed by atoms with Gasteiger partial charge in [0.15, 0.2) is 0 Å². The first-order valence-electron chi connectivity index (χ1n) is 7.99. The van der Waals surface area contributed by atoms with Crippen molar-refractivity contribution in [2.45, 2.75) is 18.9 Å². The number of nitrogens with zero attached hydrogens (tertiary/aromatic N) is 5. The highest BCUT2D eigenvalue weighted by molar-refractivity contribution is 7.99. The van der Waals surface area contributed by atoms with Gasteiger partial charge in [-0.15, -0.1) is 0 Å². The SMILES string of the molecule is c1cnc(-c2cnc(N3CCSCC3)nc2[C@H]2CCCO2)cn1. The molecule has 0 amide bonds. The van der Waals surface area contributed by atoms with E-state index in [1.807, 2.05) is 18.0 Å². The lowest BCUT2D eigenvalue weighted by Gasteiger charge is -2.27. The summed E-state index contributed by atoms with van der Waals surface area (Å²) in [4.78, 5) is 20.3. The maximum Gasteiger partial charge on any atom is 0.225 e. The van der Waals surface area contributed by atoms with Crippen LogP contribution in [0.4, 0.5) is 5.95 Å². The van der Waals surface area contributed by atoms with Crippen LogP contribution in [0.1, 0.15) is 24.6 Å². The highest BCUT2D eigenvalue weighted by atomic mass is 32.2. The average Bonchev–Trinajstić information content (AvgIpc) is 3.17. The predicted molar refractivity (Wildman–Crippen MR) is 90.5 cm³/mol. The second-order valence-corrected chi connectivity index (χ2v) is 6.89. The summed E-state index contributed by atoms with van der Waals surface area (Å²) in [5.41, 5.74) is 2.69. The van der Waals surface area contributed by atoms with Gasteiger partial charge in [-0.25, -0.2) is 9.97 Å². The number of thioether (sulfide) groups is 1. The third-order valence-corrected chi connectivity index (χ3v) is 5.12. The minimum Gasteiger partial charge on any atom is -0.372 e. The minimum atomic E-state index is 0.0351. The lowest BCUT2D eigenvalue weighted by atomic mass is 10.1. The first kappa shape index (κ1) is 14.8. The highest BCUT2D eigenvalue weighted by Crippen LogP contribution is 2.34. The molecule has 120 valence electrons. The normalized spacial score (nSPS) is 21.6. The van der Waals surface area contributed by atoms with Crippen LogP contribution in [0.5, 0.6) is 0 Å². The number of ether oxygens (including phenoxy) is 1. The molecule has 2 aliphatic rings.